The van der Waals surface area contributed by atoms with E-state index in [0.717, 1.165) is 27.7 Å². The van der Waals surface area contributed by atoms with Crippen LogP contribution in [-0.2, 0) is 50.2 Å². The van der Waals surface area contributed by atoms with Crippen LogP contribution < -0.4 is 0 Å². The van der Waals surface area contributed by atoms with Gasteiger partial charge in [-0.05, 0) is 22.2 Å². The summed E-state index contributed by atoms with van der Waals surface area (Å²) >= 11 is 0. The Labute approximate surface area is 250 Å². The molecule has 0 unspecified atom stereocenters. The van der Waals surface area contributed by atoms with E-state index in [2.05, 4.69) is 92.9 Å². The molecule has 0 saturated carbocycles. The van der Waals surface area contributed by atoms with Crippen LogP contribution in [0.2, 0.25) is 16.6 Å². The second kappa shape index (κ2) is 28.9. The van der Waals surface area contributed by atoms with Gasteiger partial charge in [0.05, 0.1) is 7.11 Å². The van der Waals surface area contributed by atoms with Crippen LogP contribution in [0.4, 0.5) is 0 Å². The van der Waals surface area contributed by atoms with E-state index in [-0.39, 0.29) is 17.4 Å². The molecular weight excluding hydrogens is 564 g/mol. The fourth-order valence-electron chi connectivity index (χ4n) is 5.17. The Hall–Kier alpha value is -3.12. The van der Waals surface area contributed by atoms with E-state index in [9.17, 15) is 4.79 Å². The molecule has 9 heteroatoms. The van der Waals surface area contributed by atoms with E-state index >= 15 is 0 Å². The molecule has 0 heterocycles. The Morgan fingerprint density at radius 2 is 0.950 bits per heavy atom. The molecule has 0 fully saturated rings. The molecule has 40 heavy (non-hydrogen) atoms. The minimum absolute atomic E-state index is 0. The number of hydrogen-bond acceptors (Lipinski definition) is 2. The largest absolute Gasteiger partial charge is 0 e. The second-order valence-electron chi connectivity index (χ2n) is 8.51. The first kappa shape index (κ1) is 46.7. The molecular formula is C31H34CrO7Si. The molecule has 0 bridgehead atoms. The van der Waals surface area contributed by atoms with Crippen molar-refractivity contribution in [3.63, 3.8) is 0 Å². The van der Waals surface area contributed by atoms with Crippen molar-refractivity contribution in [2.75, 3.05) is 7.11 Å². The minimum Gasteiger partial charge on any atom is 0 e. The molecule has 0 aromatic heterocycles. The summed E-state index contributed by atoms with van der Waals surface area (Å²) in [7, 11) is -0.568. The molecule has 0 atom stereocenters. The van der Waals surface area contributed by atoms with Crippen LogP contribution in [-0.4, -0.2) is 21.1 Å². The SMILES string of the molecule is CO/C(=C(/C(=C=O)[Si](C(C)C)(C(C)C)C(C)C)c1ccccc1)c1ccccc1.[C-]#[O+].[C-]#[O+].[C-]#[O+].[C-]#[O+].[C-]#[O+].[Cr]. The summed E-state index contributed by atoms with van der Waals surface area (Å²) in [5.74, 6) is 3.21. The van der Waals surface area contributed by atoms with Crippen molar-refractivity contribution in [3.8, 4) is 0 Å². The summed E-state index contributed by atoms with van der Waals surface area (Å²) in [4.78, 5) is 12.7. The first-order valence-electron chi connectivity index (χ1n) is 11.5. The molecule has 0 amide bonds. The topological polar surface area (TPSA) is 126 Å². The van der Waals surface area contributed by atoms with Gasteiger partial charge in [0.15, 0.2) is 0 Å². The number of allylic oxidation sites excluding steroid dienone is 2. The molecule has 0 radical (unpaired) electrons. The van der Waals surface area contributed by atoms with E-state index in [0.29, 0.717) is 16.6 Å². The van der Waals surface area contributed by atoms with Gasteiger partial charge in [-0.15, -0.1) is 0 Å². The number of methoxy groups -OCH3 is 1. The maximum atomic E-state index is 12.7. The average molecular weight is 599 g/mol. The smallest absolute Gasteiger partial charge is 0 e. The van der Waals surface area contributed by atoms with Crippen LogP contribution in [0.1, 0.15) is 52.7 Å². The van der Waals surface area contributed by atoms with Gasteiger partial charge in [-0.1, -0.05) is 102 Å². The van der Waals surface area contributed by atoms with Gasteiger partial charge in [0.25, 0.3) is 0 Å². The Kier molecular flexibility index (Phi) is 33.7. The van der Waals surface area contributed by atoms with Crippen molar-refractivity contribution in [1.29, 1.82) is 0 Å². The molecule has 0 aliphatic carbocycles. The Balaban J connectivity index is -0.000000334. The van der Waals surface area contributed by atoms with E-state index in [1.807, 2.05) is 48.5 Å². The number of hydrogen-bond donors (Lipinski definition) is 0. The third-order valence-corrected chi connectivity index (χ3v) is 13.1. The van der Waals surface area contributed by atoms with Crippen LogP contribution in [0.5, 0.6) is 0 Å². The normalized spacial score (nSPS) is 9.50. The summed E-state index contributed by atoms with van der Waals surface area (Å²) in [5.41, 5.74) is 4.06. The van der Waals surface area contributed by atoms with Crippen molar-refractivity contribution in [1.82, 2.24) is 0 Å². The van der Waals surface area contributed by atoms with Crippen molar-refractivity contribution in [2.24, 2.45) is 0 Å². The van der Waals surface area contributed by atoms with Crippen molar-refractivity contribution < 1.29 is 50.2 Å². The zero-order valence-corrected chi connectivity index (χ0v) is 26.0. The van der Waals surface area contributed by atoms with Gasteiger partial charge in [0, 0.05) is 33.7 Å². The Morgan fingerprint density at radius 3 is 1.20 bits per heavy atom. The Bertz CT molecular complexity index is 1050. The molecule has 2 aromatic carbocycles. The van der Waals surface area contributed by atoms with Gasteiger partial charge in [-0.25, -0.2) is 4.79 Å². The zero-order valence-electron chi connectivity index (χ0n) is 23.8. The van der Waals surface area contributed by atoms with Crippen molar-refractivity contribution in [3.05, 3.63) is 110 Å². The first-order chi connectivity index (χ1) is 18.8. The number of carbonyl (C=O) groups excluding carboxylic acids is 1. The number of rotatable bonds is 8. The summed E-state index contributed by atoms with van der Waals surface area (Å²) in [5, 5.41) is 0.837. The molecule has 2 rings (SSSR count). The van der Waals surface area contributed by atoms with Gasteiger partial charge in [-0.2, -0.15) is 0 Å². The summed E-state index contributed by atoms with van der Waals surface area (Å²) in [6.07, 6.45) is 0. The maximum Gasteiger partial charge on any atom is 0 e. The van der Waals surface area contributed by atoms with Crippen LogP contribution in [0.15, 0.2) is 65.9 Å². The van der Waals surface area contributed by atoms with Gasteiger partial charge in [0.2, 0.25) is 0 Å². The van der Waals surface area contributed by atoms with E-state index in [4.69, 9.17) is 28.0 Å². The fourth-order valence-corrected chi connectivity index (χ4v) is 11.8. The minimum atomic E-state index is -2.26. The fraction of sp³-hybridized carbons (Fsp3) is 0.323. The average Bonchev–Trinajstić information content (AvgIpc) is 3.00. The molecule has 0 spiro atoms. The Morgan fingerprint density at radius 1 is 0.650 bits per heavy atom. The van der Waals surface area contributed by atoms with Crippen LogP contribution in [0.3, 0.4) is 0 Å². The van der Waals surface area contributed by atoms with E-state index < -0.39 is 8.07 Å². The molecule has 0 aliphatic rings. The van der Waals surface area contributed by atoms with Crippen molar-refractivity contribution in [2.45, 2.75) is 58.2 Å². The van der Waals surface area contributed by atoms with Crippen LogP contribution >= 0.6 is 0 Å². The van der Waals surface area contributed by atoms with Crippen LogP contribution in [0.25, 0.3) is 11.3 Å². The molecule has 0 saturated heterocycles. The van der Waals surface area contributed by atoms with E-state index in [1.165, 1.54) is 0 Å². The first-order valence-corrected chi connectivity index (χ1v) is 13.7. The molecule has 210 valence electrons. The van der Waals surface area contributed by atoms with Gasteiger partial charge < -0.3 is 4.74 Å². The molecule has 7 nitrogen and oxygen atoms in total. The zero-order chi connectivity index (χ0) is 31.6. The predicted octanol–water partition coefficient (Wildman–Crippen LogP) is 6.99. The molecule has 0 aliphatic heterocycles. The van der Waals surface area contributed by atoms with Gasteiger partial charge >= 0.3 is 56.5 Å². The van der Waals surface area contributed by atoms with Crippen molar-refractivity contribution >= 4 is 25.3 Å². The summed E-state index contributed by atoms with van der Waals surface area (Å²) in [6, 6.07) is 20.2. The second-order valence-corrected chi connectivity index (χ2v) is 14.3. The summed E-state index contributed by atoms with van der Waals surface area (Å²) < 4.78 is 43.5. The number of benzene rings is 2. The maximum absolute atomic E-state index is 12.7. The number of ether oxygens (including phenoxy) is 1. The monoisotopic (exact) mass is 598 g/mol. The standard InChI is InChI=1S/C26H34O2Si.5CO.Cr/c1-19(2)29(20(3)4,21(5)6)24(18-27)25(22-14-10-8-11-15-22)26(28-7)23-16-12-9-13-17-23;5*1-2;/h8-17,19-21H,1-7H3;;;;;;/b26-25+;;;;;;. The quantitative estimate of drug-likeness (QED) is 0.0618. The molecule has 2 aromatic rings. The summed E-state index contributed by atoms with van der Waals surface area (Å²) in [6.45, 7) is 36.1. The van der Waals surface area contributed by atoms with Gasteiger partial charge in [-0.3, -0.25) is 0 Å². The molecule has 0 N–H and O–H groups in total. The predicted molar refractivity (Wildman–Crippen MR) is 147 cm³/mol. The van der Waals surface area contributed by atoms with E-state index in [1.54, 1.807) is 7.11 Å². The third-order valence-electron chi connectivity index (χ3n) is 6.18. The van der Waals surface area contributed by atoms with Crippen LogP contribution in [0, 0.1) is 33.3 Å². The third kappa shape index (κ3) is 12.4. The van der Waals surface area contributed by atoms with Gasteiger partial charge in [0.1, 0.15) is 19.8 Å².